The number of nitrogens with one attached hydrogen (secondary N) is 1. The van der Waals surface area contributed by atoms with E-state index in [0.29, 0.717) is 25.3 Å². The summed E-state index contributed by atoms with van der Waals surface area (Å²) in [5, 5.41) is 12.3. The number of carbonyl (C=O) groups is 3. The summed E-state index contributed by atoms with van der Waals surface area (Å²) in [6.45, 7) is 2.02. The van der Waals surface area contributed by atoms with Gasteiger partial charge in [0.2, 0.25) is 11.8 Å². The number of benzene rings is 1. The van der Waals surface area contributed by atoms with Crippen molar-refractivity contribution in [2.75, 3.05) is 6.54 Å². The van der Waals surface area contributed by atoms with Crippen LogP contribution in [0.3, 0.4) is 0 Å². The zero-order valence-corrected chi connectivity index (χ0v) is 18.0. The quantitative estimate of drug-likeness (QED) is 0.679. The van der Waals surface area contributed by atoms with Crippen LogP contribution >= 0.6 is 0 Å². The topological polar surface area (TPSA) is 103 Å². The van der Waals surface area contributed by atoms with E-state index in [4.69, 9.17) is 0 Å². The van der Waals surface area contributed by atoms with Crippen molar-refractivity contribution < 1.29 is 19.5 Å². The number of imide groups is 1. The van der Waals surface area contributed by atoms with Gasteiger partial charge in [-0.2, -0.15) is 0 Å². The maximum absolute atomic E-state index is 13.4. The average molecular weight is 434 g/mol. The van der Waals surface area contributed by atoms with E-state index in [1.807, 2.05) is 31.2 Å². The number of hydrogen-bond donors (Lipinski definition) is 2. The SMILES string of the molecule is C[C@@H](C1CC1)N(Cc1ccc(O)nc1)C(=O)CN1C(=O)N[C@]2(CCc3ccccc32)C1=O. The Hall–Kier alpha value is -3.42. The number of carbonyl (C=O) groups excluding carboxylic acids is 3. The van der Waals surface area contributed by atoms with Crippen LogP contribution in [0.15, 0.2) is 42.6 Å². The van der Waals surface area contributed by atoms with Gasteiger partial charge in [-0.1, -0.05) is 30.3 Å². The van der Waals surface area contributed by atoms with Crippen molar-refractivity contribution in [2.24, 2.45) is 5.92 Å². The molecular weight excluding hydrogens is 408 g/mol. The Morgan fingerprint density at radius 1 is 1.28 bits per heavy atom. The van der Waals surface area contributed by atoms with Gasteiger partial charge >= 0.3 is 6.03 Å². The third-order valence-corrected chi connectivity index (χ3v) is 6.99. The first-order valence-corrected chi connectivity index (χ1v) is 11.0. The lowest BCUT2D eigenvalue weighted by atomic mass is 9.92. The molecule has 2 N–H and O–H groups in total. The summed E-state index contributed by atoms with van der Waals surface area (Å²) in [7, 11) is 0. The highest BCUT2D eigenvalue weighted by Gasteiger charge is 2.55. The van der Waals surface area contributed by atoms with Crippen molar-refractivity contribution in [1.29, 1.82) is 0 Å². The van der Waals surface area contributed by atoms with Crippen molar-refractivity contribution in [3.05, 3.63) is 59.3 Å². The lowest BCUT2D eigenvalue weighted by Gasteiger charge is -2.31. The molecule has 1 aliphatic heterocycles. The third kappa shape index (κ3) is 3.39. The van der Waals surface area contributed by atoms with Gasteiger partial charge in [0.05, 0.1) is 0 Å². The molecule has 8 heteroatoms. The highest BCUT2D eigenvalue weighted by molar-refractivity contribution is 6.09. The predicted octanol–water partition coefficient (Wildman–Crippen LogP) is 2.31. The minimum atomic E-state index is -1.07. The van der Waals surface area contributed by atoms with Crippen LogP contribution in [-0.2, 0) is 28.1 Å². The molecule has 2 heterocycles. The first-order valence-electron chi connectivity index (χ1n) is 11.0. The number of aryl methyl sites for hydroxylation is 1. The van der Waals surface area contributed by atoms with Gasteiger partial charge in [0.15, 0.2) is 0 Å². The van der Waals surface area contributed by atoms with Crippen molar-refractivity contribution in [2.45, 2.75) is 50.7 Å². The van der Waals surface area contributed by atoms with E-state index >= 15 is 0 Å². The fraction of sp³-hybridized carbons (Fsp3) is 0.417. The van der Waals surface area contributed by atoms with Gasteiger partial charge in [0.25, 0.3) is 5.91 Å². The molecule has 0 bridgehead atoms. The lowest BCUT2D eigenvalue weighted by Crippen LogP contribution is -2.47. The van der Waals surface area contributed by atoms with Crippen molar-refractivity contribution >= 4 is 17.8 Å². The second kappa shape index (κ2) is 7.62. The van der Waals surface area contributed by atoms with Gasteiger partial charge in [-0.3, -0.25) is 14.5 Å². The van der Waals surface area contributed by atoms with Crippen LogP contribution in [0.2, 0.25) is 0 Å². The van der Waals surface area contributed by atoms with Gasteiger partial charge in [0.1, 0.15) is 12.1 Å². The van der Waals surface area contributed by atoms with Crippen molar-refractivity contribution in [3.8, 4) is 5.88 Å². The molecule has 0 radical (unpaired) electrons. The van der Waals surface area contributed by atoms with Crippen LogP contribution in [0.4, 0.5) is 4.79 Å². The van der Waals surface area contributed by atoms with Gasteiger partial charge in [-0.15, -0.1) is 0 Å². The van der Waals surface area contributed by atoms with Crippen LogP contribution in [0.5, 0.6) is 5.88 Å². The standard InChI is InChI=1S/C24H26N4O4/c1-15(17-7-8-17)27(13-16-6-9-20(29)25-12-16)21(30)14-28-22(31)24(26-23(28)32)11-10-18-4-2-3-5-19(18)24/h2-6,9,12,15,17H,7-8,10-11,13-14H2,1H3,(H,25,29)(H,26,32)/t15-,24-/m0/s1. The van der Waals surface area contributed by atoms with E-state index in [2.05, 4.69) is 10.3 Å². The lowest BCUT2D eigenvalue weighted by molar-refractivity contribution is -0.141. The monoisotopic (exact) mass is 434 g/mol. The summed E-state index contributed by atoms with van der Waals surface area (Å²) in [6, 6.07) is 10.3. The highest BCUT2D eigenvalue weighted by atomic mass is 16.3. The molecule has 2 fully saturated rings. The summed E-state index contributed by atoms with van der Waals surface area (Å²) in [5.74, 6) is -0.293. The molecule has 3 aliphatic rings. The van der Waals surface area contributed by atoms with E-state index in [9.17, 15) is 19.5 Å². The molecule has 1 aromatic heterocycles. The van der Waals surface area contributed by atoms with Gasteiger partial charge in [0, 0.05) is 24.8 Å². The Morgan fingerprint density at radius 3 is 2.78 bits per heavy atom. The van der Waals surface area contributed by atoms with Crippen LogP contribution in [0.25, 0.3) is 0 Å². The normalized spacial score (nSPS) is 22.7. The minimum absolute atomic E-state index is 0.0155. The molecule has 2 atom stereocenters. The summed E-state index contributed by atoms with van der Waals surface area (Å²) >= 11 is 0. The number of aromatic hydroxyl groups is 1. The molecule has 2 aromatic rings. The molecule has 166 valence electrons. The molecule has 5 rings (SSSR count). The second-order valence-corrected chi connectivity index (χ2v) is 9.01. The number of hydrogen-bond acceptors (Lipinski definition) is 5. The van der Waals surface area contributed by atoms with Crippen molar-refractivity contribution in [1.82, 2.24) is 20.1 Å². The number of pyridine rings is 1. The number of nitrogens with zero attached hydrogens (tertiary/aromatic N) is 3. The molecule has 1 aromatic carbocycles. The highest BCUT2D eigenvalue weighted by Crippen LogP contribution is 2.41. The van der Waals surface area contributed by atoms with Crippen molar-refractivity contribution in [3.63, 3.8) is 0 Å². The number of urea groups is 1. The van der Waals surface area contributed by atoms with Crippen LogP contribution in [0.1, 0.15) is 42.9 Å². The van der Waals surface area contributed by atoms with E-state index in [1.54, 1.807) is 11.0 Å². The molecule has 32 heavy (non-hydrogen) atoms. The average Bonchev–Trinajstić information content (AvgIpc) is 3.54. The third-order valence-electron chi connectivity index (χ3n) is 6.99. The Balaban J connectivity index is 1.37. The molecule has 1 saturated heterocycles. The molecule has 2 aliphatic carbocycles. The zero-order chi connectivity index (χ0) is 22.5. The minimum Gasteiger partial charge on any atom is -0.493 e. The maximum atomic E-state index is 13.4. The second-order valence-electron chi connectivity index (χ2n) is 9.01. The van der Waals surface area contributed by atoms with E-state index in [0.717, 1.165) is 34.4 Å². The Morgan fingerprint density at radius 2 is 2.06 bits per heavy atom. The molecular formula is C24H26N4O4. The van der Waals surface area contributed by atoms with E-state index in [1.165, 1.54) is 12.3 Å². The molecule has 1 saturated carbocycles. The van der Waals surface area contributed by atoms with Gasteiger partial charge in [-0.05, 0) is 55.2 Å². The van der Waals surface area contributed by atoms with E-state index < -0.39 is 11.6 Å². The molecule has 1 spiro atoms. The molecule has 4 amide bonds. The Kier molecular flexibility index (Phi) is 4.87. The molecule has 8 nitrogen and oxygen atoms in total. The van der Waals surface area contributed by atoms with Crippen LogP contribution < -0.4 is 5.32 Å². The Bertz CT molecular complexity index is 1080. The van der Waals surface area contributed by atoms with Crippen LogP contribution in [-0.4, -0.2) is 50.3 Å². The fourth-order valence-corrected chi connectivity index (χ4v) is 4.96. The smallest absolute Gasteiger partial charge is 0.325 e. The fourth-order valence-electron chi connectivity index (χ4n) is 4.96. The number of aromatic nitrogens is 1. The predicted molar refractivity (Wildman–Crippen MR) is 115 cm³/mol. The van der Waals surface area contributed by atoms with E-state index in [-0.39, 0.29) is 30.3 Å². The maximum Gasteiger partial charge on any atom is 0.325 e. The van der Waals surface area contributed by atoms with Crippen LogP contribution in [0, 0.1) is 5.92 Å². The zero-order valence-electron chi connectivity index (χ0n) is 18.0. The summed E-state index contributed by atoms with van der Waals surface area (Å²) in [4.78, 5) is 46.3. The summed E-state index contributed by atoms with van der Waals surface area (Å²) < 4.78 is 0. The number of rotatable bonds is 6. The summed E-state index contributed by atoms with van der Waals surface area (Å²) in [6.07, 6.45) is 4.86. The number of fused-ring (bicyclic) bond motifs is 2. The Labute approximate surface area is 186 Å². The van der Waals surface area contributed by atoms with Gasteiger partial charge in [-0.25, -0.2) is 9.78 Å². The first kappa shape index (κ1) is 20.5. The first-order chi connectivity index (χ1) is 15.4. The largest absolute Gasteiger partial charge is 0.493 e. The summed E-state index contributed by atoms with van der Waals surface area (Å²) in [5.41, 5.74) is 1.59. The van der Waals surface area contributed by atoms with Gasteiger partial charge < -0.3 is 15.3 Å². The number of amides is 4. The molecule has 0 unspecified atom stereocenters.